The molecule has 190 valence electrons. The van der Waals surface area contributed by atoms with Crippen LogP contribution < -0.4 is 0 Å². The SMILES string of the molecule is CC.CC(=O)O.CCCCC(C)C(C)C1(C)CCC2C(=CCC3=CC(=O)CCC32C)C1CC. The molecule has 3 rings (SSSR count). The monoisotopic (exact) mass is 460 g/mol. The van der Waals surface area contributed by atoms with Crippen molar-refractivity contribution in [3.05, 3.63) is 23.3 Å². The summed E-state index contributed by atoms with van der Waals surface area (Å²) in [6.07, 6.45) is 15.4. The molecule has 6 atom stereocenters. The van der Waals surface area contributed by atoms with Gasteiger partial charge < -0.3 is 5.11 Å². The number of carbonyl (C=O) groups excluding carboxylic acids is 1. The van der Waals surface area contributed by atoms with Crippen LogP contribution in [0.5, 0.6) is 0 Å². The molecule has 3 nitrogen and oxygen atoms in total. The van der Waals surface area contributed by atoms with Crippen molar-refractivity contribution in [3.63, 3.8) is 0 Å². The van der Waals surface area contributed by atoms with Gasteiger partial charge in [-0.1, -0.05) is 91.9 Å². The standard InChI is InChI=1S/C26H42O.C2H4O2.C2H6/c1-7-9-10-18(3)19(4)25(5)16-14-24-22(23(25)8-2)12-11-20-17-21(27)13-15-26(20,24)6;1-2(3)4;1-2/h12,17-19,23-24H,7-11,13-16H2,1-6H3;1H3,(H,3,4);1-2H3. The second-order valence-electron chi connectivity index (χ2n) is 10.9. The summed E-state index contributed by atoms with van der Waals surface area (Å²) in [4.78, 5) is 21.0. The highest BCUT2D eigenvalue weighted by Crippen LogP contribution is 2.62. The van der Waals surface area contributed by atoms with Crippen molar-refractivity contribution in [1.29, 1.82) is 0 Å². The highest BCUT2D eigenvalue weighted by Gasteiger charge is 2.53. The van der Waals surface area contributed by atoms with Crippen molar-refractivity contribution in [2.75, 3.05) is 0 Å². The van der Waals surface area contributed by atoms with Crippen LogP contribution in [0.15, 0.2) is 23.3 Å². The van der Waals surface area contributed by atoms with Crippen molar-refractivity contribution >= 4 is 11.8 Å². The zero-order chi connectivity index (χ0) is 25.4. The first-order valence-corrected chi connectivity index (χ1v) is 13.6. The van der Waals surface area contributed by atoms with E-state index in [0.29, 0.717) is 23.0 Å². The normalized spacial score (nSPS) is 32.3. The average Bonchev–Trinajstić information content (AvgIpc) is 2.78. The van der Waals surface area contributed by atoms with Gasteiger partial charge in [0.15, 0.2) is 5.78 Å². The van der Waals surface area contributed by atoms with Gasteiger partial charge in [-0.3, -0.25) is 9.59 Å². The summed E-state index contributed by atoms with van der Waals surface area (Å²) in [5, 5.41) is 7.42. The molecule has 0 heterocycles. The van der Waals surface area contributed by atoms with Gasteiger partial charge in [0.05, 0.1) is 0 Å². The molecule has 1 N–H and O–H groups in total. The quantitative estimate of drug-likeness (QED) is 0.403. The van der Waals surface area contributed by atoms with Crippen molar-refractivity contribution in [1.82, 2.24) is 0 Å². The van der Waals surface area contributed by atoms with Crippen molar-refractivity contribution < 1.29 is 14.7 Å². The highest BCUT2D eigenvalue weighted by molar-refractivity contribution is 5.91. The van der Waals surface area contributed by atoms with Crippen LogP contribution >= 0.6 is 0 Å². The van der Waals surface area contributed by atoms with Gasteiger partial charge in [0.1, 0.15) is 0 Å². The molecule has 0 amide bonds. The third-order valence-electron chi connectivity index (χ3n) is 9.17. The molecule has 0 aromatic rings. The van der Waals surface area contributed by atoms with E-state index < -0.39 is 5.97 Å². The topological polar surface area (TPSA) is 54.4 Å². The Morgan fingerprint density at radius 3 is 2.33 bits per heavy atom. The van der Waals surface area contributed by atoms with E-state index in [1.165, 1.54) is 44.1 Å². The summed E-state index contributed by atoms with van der Waals surface area (Å²) in [5.41, 5.74) is 3.85. The fraction of sp³-hybridized carbons (Fsp3) is 0.800. The lowest BCUT2D eigenvalue weighted by molar-refractivity contribution is -0.134. The van der Waals surface area contributed by atoms with E-state index in [-0.39, 0.29) is 5.41 Å². The molecule has 3 aliphatic rings. The van der Waals surface area contributed by atoms with E-state index in [2.05, 4.69) is 47.6 Å². The minimum absolute atomic E-state index is 0.240. The summed E-state index contributed by atoms with van der Waals surface area (Å²) < 4.78 is 0. The molecule has 0 spiro atoms. The number of carboxylic acid groups (broad SMARTS) is 1. The van der Waals surface area contributed by atoms with Crippen LogP contribution in [0, 0.1) is 34.5 Å². The lowest BCUT2D eigenvalue weighted by atomic mass is 9.47. The number of fused-ring (bicyclic) bond motifs is 3. The van der Waals surface area contributed by atoms with Gasteiger partial charge in [-0.15, -0.1) is 0 Å². The molecular weight excluding hydrogens is 408 g/mol. The van der Waals surface area contributed by atoms with E-state index in [1.54, 1.807) is 5.57 Å². The zero-order valence-corrected chi connectivity index (χ0v) is 23.1. The maximum absolute atomic E-state index is 12.0. The maximum atomic E-state index is 12.0. The lowest BCUT2D eigenvalue weighted by Crippen LogP contribution is -2.48. The Morgan fingerprint density at radius 2 is 1.79 bits per heavy atom. The molecule has 3 heteroatoms. The van der Waals surface area contributed by atoms with E-state index in [4.69, 9.17) is 9.90 Å². The van der Waals surface area contributed by atoms with Crippen LogP contribution in [-0.4, -0.2) is 16.9 Å². The number of allylic oxidation sites excluding steroid dienone is 4. The van der Waals surface area contributed by atoms with Crippen LogP contribution in [0.25, 0.3) is 0 Å². The van der Waals surface area contributed by atoms with Crippen molar-refractivity contribution in [2.24, 2.45) is 34.5 Å². The molecule has 0 aliphatic heterocycles. The molecule has 3 aliphatic carbocycles. The molecular formula is C30H52O3. The van der Waals surface area contributed by atoms with Gasteiger partial charge in [-0.05, 0) is 72.7 Å². The zero-order valence-electron chi connectivity index (χ0n) is 23.1. The van der Waals surface area contributed by atoms with Crippen LogP contribution in [0.3, 0.4) is 0 Å². The summed E-state index contributed by atoms with van der Waals surface area (Å²) in [6, 6.07) is 0. The number of ketones is 1. The Balaban J connectivity index is 0.000000820. The van der Waals surface area contributed by atoms with Crippen molar-refractivity contribution in [2.45, 2.75) is 120 Å². The number of hydrogen-bond donors (Lipinski definition) is 1. The second-order valence-corrected chi connectivity index (χ2v) is 10.9. The van der Waals surface area contributed by atoms with Crippen LogP contribution in [0.1, 0.15) is 120 Å². The largest absolute Gasteiger partial charge is 0.481 e. The lowest BCUT2D eigenvalue weighted by Gasteiger charge is -2.57. The van der Waals surface area contributed by atoms with Gasteiger partial charge in [-0.25, -0.2) is 0 Å². The van der Waals surface area contributed by atoms with E-state index in [1.807, 2.05) is 19.9 Å². The summed E-state index contributed by atoms with van der Waals surface area (Å²) in [6.45, 7) is 19.9. The van der Waals surface area contributed by atoms with Crippen molar-refractivity contribution in [3.8, 4) is 0 Å². The van der Waals surface area contributed by atoms with Crippen LogP contribution in [-0.2, 0) is 9.59 Å². The Kier molecular flexibility index (Phi) is 11.6. The minimum atomic E-state index is -0.833. The third-order valence-corrected chi connectivity index (χ3v) is 9.17. The fourth-order valence-electron chi connectivity index (χ4n) is 6.96. The molecule has 1 fully saturated rings. The van der Waals surface area contributed by atoms with Gasteiger partial charge in [0, 0.05) is 13.3 Å². The fourth-order valence-corrected chi connectivity index (χ4v) is 6.96. The summed E-state index contributed by atoms with van der Waals surface area (Å²) in [5.74, 6) is 2.48. The van der Waals surface area contributed by atoms with Crippen LogP contribution in [0.4, 0.5) is 0 Å². The molecule has 0 aromatic carbocycles. The first-order chi connectivity index (χ1) is 15.5. The molecule has 0 radical (unpaired) electrons. The Morgan fingerprint density at radius 1 is 1.18 bits per heavy atom. The molecule has 6 unspecified atom stereocenters. The average molecular weight is 461 g/mol. The Hall–Kier alpha value is -1.38. The molecule has 0 bridgehead atoms. The number of aliphatic carboxylic acids is 1. The maximum Gasteiger partial charge on any atom is 0.300 e. The predicted molar refractivity (Wildman–Crippen MR) is 140 cm³/mol. The van der Waals surface area contributed by atoms with Crippen LogP contribution in [0.2, 0.25) is 0 Å². The van der Waals surface area contributed by atoms with E-state index in [0.717, 1.165) is 38.0 Å². The van der Waals surface area contributed by atoms with Gasteiger partial charge in [-0.2, -0.15) is 0 Å². The highest BCUT2D eigenvalue weighted by atomic mass is 16.4. The number of unbranched alkanes of at least 4 members (excludes halogenated alkanes) is 1. The number of carboxylic acids is 1. The first kappa shape index (κ1) is 29.7. The minimum Gasteiger partial charge on any atom is -0.481 e. The Labute approximate surface area is 204 Å². The molecule has 0 aromatic heterocycles. The molecule has 1 saturated carbocycles. The number of rotatable bonds is 6. The van der Waals surface area contributed by atoms with Gasteiger partial charge >= 0.3 is 0 Å². The number of carbonyl (C=O) groups is 2. The first-order valence-electron chi connectivity index (χ1n) is 13.6. The van der Waals surface area contributed by atoms with E-state index in [9.17, 15) is 4.79 Å². The van der Waals surface area contributed by atoms with Gasteiger partial charge in [0.25, 0.3) is 5.97 Å². The third kappa shape index (κ3) is 6.61. The molecule has 0 saturated heterocycles. The summed E-state index contributed by atoms with van der Waals surface area (Å²) in [7, 11) is 0. The summed E-state index contributed by atoms with van der Waals surface area (Å²) >= 11 is 0. The van der Waals surface area contributed by atoms with E-state index >= 15 is 0 Å². The predicted octanol–water partition coefficient (Wildman–Crippen LogP) is 8.63. The molecule has 33 heavy (non-hydrogen) atoms. The van der Waals surface area contributed by atoms with Gasteiger partial charge in [0.2, 0.25) is 0 Å². The number of hydrogen-bond acceptors (Lipinski definition) is 2. The second kappa shape index (κ2) is 12.9. The smallest absolute Gasteiger partial charge is 0.300 e. The Bertz CT molecular complexity index is 714.